The van der Waals surface area contributed by atoms with Crippen molar-refractivity contribution in [1.82, 2.24) is 0 Å². The Hall–Kier alpha value is -1.51. The molecule has 1 saturated carbocycles. The molecule has 1 aromatic carbocycles. The molecule has 1 aliphatic rings. The molecule has 0 aliphatic heterocycles. The predicted octanol–water partition coefficient (Wildman–Crippen LogP) is 4.81. The van der Waals surface area contributed by atoms with E-state index in [1.165, 1.54) is 32.1 Å². The van der Waals surface area contributed by atoms with Crippen molar-refractivity contribution in [2.45, 2.75) is 64.8 Å². The quantitative estimate of drug-likeness (QED) is 0.789. The van der Waals surface area contributed by atoms with Gasteiger partial charge in [-0.1, -0.05) is 33.1 Å². The first-order chi connectivity index (χ1) is 10.2. The second-order valence-electron chi connectivity index (χ2n) is 6.06. The molecule has 0 unspecified atom stereocenters. The molecular formula is C18H28N2O. The number of benzene rings is 1. The molecule has 2 N–H and O–H groups in total. The van der Waals surface area contributed by atoms with Gasteiger partial charge in [0.1, 0.15) is 0 Å². The second kappa shape index (κ2) is 8.06. The molecule has 0 atom stereocenters. The minimum Gasteiger partial charge on any atom is -0.382 e. The molecule has 1 aliphatic carbocycles. The monoisotopic (exact) mass is 288 g/mol. The lowest BCUT2D eigenvalue weighted by atomic mass is 9.95. The minimum atomic E-state index is 0.116. The van der Waals surface area contributed by atoms with Crippen LogP contribution in [0.5, 0.6) is 0 Å². The average molecular weight is 288 g/mol. The van der Waals surface area contributed by atoms with Crippen LogP contribution in [-0.4, -0.2) is 11.9 Å². The number of rotatable bonds is 6. The van der Waals surface area contributed by atoms with Crippen LogP contribution < -0.4 is 10.6 Å². The van der Waals surface area contributed by atoms with E-state index in [1.54, 1.807) is 0 Å². The molecule has 1 amide bonds. The maximum Gasteiger partial charge on any atom is 0.227 e. The van der Waals surface area contributed by atoms with E-state index in [4.69, 9.17) is 0 Å². The highest BCUT2D eigenvalue weighted by Gasteiger charge is 2.15. The van der Waals surface area contributed by atoms with E-state index in [0.717, 1.165) is 24.2 Å². The third kappa shape index (κ3) is 4.76. The zero-order valence-corrected chi connectivity index (χ0v) is 13.3. The molecule has 1 aromatic rings. The normalized spacial score (nSPS) is 16.0. The highest BCUT2D eigenvalue weighted by molar-refractivity contribution is 5.92. The number of nitrogens with one attached hydrogen (secondary N) is 2. The van der Waals surface area contributed by atoms with Gasteiger partial charge in [0.25, 0.3) is 0 Å². The number of hydrogen-bond donors (Lipinski definition) is 2. The first-order valence-corrected chi connectivity index (χ1v) is 8.40. The van der Waals surface area contributed by atoms with Crippen LogP contribution in [-0.2, 0) is 4.79 Å². The highest BCUT2D eigenvalue weighted by Crippen LogP contribution is 2.23. The fraction of sp³-hybridized carbons (Fsp3) is 0.611. The van der Waals surface area contributed by atoms with E-state index in [0.29, 0.717) is 6.04 Å². The Bertz CT molecular complexity index is 431. The topological polar surface area (TPSA) is 41.1 Å². The molecule has 0 spiro atoms. The minimum absolute atomic E-state index is 0.116. The number of hydrogen-bond acceptors (Lipinski definition) is 2. The highest BCUT2D eigenvalue weighted by atomic mass is 16.1. The average Bonchev–Trinajstić information content (AvgIpc) is 2.51. The Morgan fingerprint density at radius 2 is 1.62 bits per heavy atom. The van der Waals surface area contributed by atoms with Gasteiger partial charge in [-0.2, -0.15) is 0 Å². The van der Waals surface area contributed by atoms with Crippen LogP contribution in [0.1, 0.15) is 58.8 Å². The molecular weight excluding hydrogens is 260 g/mol. The summed E-state index contributed by atoms with van der Waals surface area (Å²) >= 11 is 0. The van der Waals surface area contributed by atoms with E-state index in [1.807, 2.05) is 12.1 Å². The van der Waals surface area contributed by atoms with Crippen LogP contribution in [0.4, 0.5) is 11.4 Å². The Kier molecular flexibility index (Phi) is 6.09. The van der Waals surface area contributed by atoms with Crippen LogP contribution >= 0.6 is 0 Å². The maximum atomic E-state index is 12.0. The summed E-state index contributed by atoms with van der Waals surface area (Å²) in [7, 11) is 0. The predicted molar refractivity (Wildman–Crippen MR) is 89.6 cm³/mol. The summed E-state index contributed by atoms with van der Waals surface area (Å²) in [4.78, 5) is 12.0. The van der Waals surface area contributed by atoms with Crippen molar-refractivity contribution in [1.29, 1.82) is 0 Å². The van der Waals surface area contributed by atoms with Gasteiger partial charge in [-0.05, 0) is 49.9 Å². The van der Waals surface area contributed by atoms with Gasteiger partial charge in [0.05, 0.1) is 0 Å². The Morgan fingerprint density at radius 1 is 1.05 bits per heavy atom. The first-order valence-electron chi connectivity index (χ1n) is 8.40. The zero-order chi connectivity index (χ0) is 15.1. The summed E-state index contributed by atoms with van der Waals surface area (Å²) in [6, 6.07) is 8.73. The van der Waals surface area contributed by atoms with E-state index < -0.39 is 0 Å². The Morgan fingerprint density at radius 3 is 2.19 bits per heavy atom. The molecule has 1 fully saturated rings. The standard InChI is InChI=1S/C18H28N2O/c1-3-14(4-2)18(21)20-17-12-10-16(11-13-17)19-15-8-6-5-7-9-15/h10-15,19H,3-9H2,1-2H3,(H,20,21). The lowest BCUT2D eigenvalue weighted by Gasteiger charge is -2.24. The molecule has 0 saturated heterocycles. The third-order valence-corrected chi connectivity index (χ3v) is 4.48. The Balaban J connectivity index is 1.87. The molecule has 116 valence electrons. The van der Waals surface area contributed by atoms with E-state index in [9.17, 15) is 4.79 Å². The fourth-order valence-electron chi connectivity index (χ4n) is 3.04. The molecule has 0 heterocycles. The summed E-state index contributed by atoms with van der Waals surface area (Å²) in [5.74, 6) is 0.248. The van der Waals surface area contributed by atoms with Gasteiger partial charge < -0.3 is 10.6 Å². The zero-order valence-electron chi connectivity index (χ0n) is 13.3. The third-order valence-electron chi connectivity index (χ3n) is 4.48. The van der Waals surface area contributed by atoms with Crippen LogP contribution in [0.3, 0.4) is 0 Å². The van der Waals surface area contributed by atoms with Crippen molar-refractivity contribution in [2.75, 3.05) is 10.6 Å². The molecule has 0 radical (unpaired) electrons. The van der Waals surface area contributed by atoms with Gasteiger partial charge in [-0.3, -0.25) is 4.79 Å². The lowest BCUT2D eigenvalue weighted by molar-refractivity contribution is -0.120. The van der Waals surface area contributed by atoms with Gasteiger partial charge in [-0.25, -0.2) is 0 Å². The van der Waals surface area contributed by atoms with Crippen molar-refractivity contribution in [3.05, 3.63) is 24.3 Å². The van der Waals surface area contributed by atoms with Crippen LogP contribution in [0, 0.1) is 5.92 Å². The van der Waals surface area contributed by atoms with Gasteiger partial charge in [0.15, 0.2) is 0 Å². The van der Waals surface area contributed by atoms with Crippen molar-refractivity contribution >= 4 is 17.3 Å². The smallest absolute Gasteiger partial charge is 0.227 e. The second-order valence-corrected chi connectivity index (χ2v) is 6.06. The molecule has 0 aromatic heterocycles. The largest absolute Gasteiger partial charge is 0.382 e. The van der Waals surface area contributed by atoms with Gasteiger partial charge in [0.2, 0.25) is 5.91 Å². The number of carbonyl (C=O) groups excluding carboxylic acids is 1. The number of anilines is 2. The molecule has 21 heavy (non-hydrogen) atoms. The van der Waals surface area contributed by atoms with Crippen molar-refractivity contribution in [3.63, 3.8) is 0 Å². The first kappa shape index (κ1) is 15.9. The van der Waals surface area contributed by atoms with Gasteiger partial charge >= 0.3 is 0 Å². The summed E-state index contributed by atoms with van der Waals surface area (Å²) < 4.78 is 0. The maximum absolute atomic E-state index is 12.0. The van der Waals surface area contributed by atoms with E-state index in [2.05, 4.69) is 36.6 Å². The van der Waals surface area contributed by atoms with Crippen LogP contribution in [0.15, 0.2) is 24.3 Å². The van der Waals surface area contributed by atoms with Crippen LogP contribution in [0.2, 0.25) is 0 Å². The number of carbonyl (C=O) groups is 1. The van der Waals surface area contributed by atoms with E-state index in [-0.39, 0.29) is 11.8 Å². The van der Waals surface area contributed by atoms with Gasteiger partial charge in [-0.15, -0.1) is 0 Å². The summed E-state index contributed by atoms with van der Waals surface area (Å²) in [5, 5.41) is 6.60. The molecule has 3 heteroatoms. The fourth-order valence-corrected chi connectivity index (χ4v) is 3.04. The molecule has 0 bridgehead atoms. The summed E-state index contributed by atoms with van der Waals surface area (Å²) in [5.41, 5.74) is 2.04. The number of amides is 1. The molecule has 3 nitrogen and oxygen atoms in total. The Labute approximate surface area is 128 Å². The van der Waals surface area contributed by atoms with Crippen LogP contribution in [0.25, 0.3) is 0 Å². The molecule has 2 rings (SSSR count). The van der Waals surface area contributed by atoms with E-state index >= 15 is 0 Å². The lowest BCUT2D eigenvalue weighted by Crippen LogP contribution is -2.22. The van der Waals surface area contributed by atoms with Crippen molar-refractivity contribution < 1.29 is 4.79 Å². The summed E-state index contributed by atoms with van der Waals surface area (Å²) in [6.45, 7) is 4.12. The van der Waals surface area contributed by atoms with Crippen molar-refractivity contribution in [2.24, 2.45) is 5.92 Å². The van der Waals surface area contributed by atoms with Crippen molar-refractivity contribution in [3.8, 4) is 0 Å². The van der Waals surface area contributed by atoms with Gasteiger partial charge in [0, 0.05) is 23.3 Å². The summed E-state index contributed by atoms with van der Waals surface area (Å²) in [6.07, 6.45) is 8.37. The SMILES string of the molecule is CCC(CC)C(=O)Nc1ccc(NC2CCCCC2)cc1.